The van der Waals surface area contributed by atoms with Crippen molar-refractivity contribution in [1.29, 1.82) is 0 Å². The van der Waals surface area contributed by atoms with E-state index in [-0.39, 0.29) is 52.6 Å². The van der Waals surface area contributed by atoms with Crippen molar-refractivity contribution in [1.82, 2.24) is 9.88 Å². The number of nitrogens with zero attached hydrogens (tertiary/aromatic N) is 2. The molecule has 3 heterocycles. The Balaban J connectivity index is 0.00000231. The summed E-state index contributed by atoms with van der Waals surface area (Å²) >= 11 is 6.60. The molecule has 2 saturated heterocycles. The highest BCUT2D eigenvalue weighted by molar-refractivity contribution is 6.38. The molecule has 0 spiro atoms. The highest BCUT2D eigenvalue weighted by Crippen LogP contribution is 2.45. The van der Waals surface area contributed by atoms with Gasteiger partial charge in [-0.15, -0.1) is 12.4 Å². The third kappa shape index (κ3) is 3.71. The van der Waals surface area contributed by atoms with Crippen molar-refractivity contribution in [2.45, 2.75) is 30.8 Å². The highest BCUT2D eigenvalue weighted by atomic mass is 35.5. The number of benzene rings is 1. The van der Waals surface area contributed by atoms with Crippen molar-refractivity contribution in [3.63, 3.8) is 0 Å². The quantitative estimate of drug-likeness (QED) is 0.656. The summed E-state index contributed by atoms with van der Waals surface area (Å²) in [6, 6.07) is 0.402. The number of carbonyl (C=O) groups is 1. The van der Waals surface area contributed by atoms with Crippen LogP contribution in [-0.2, 0) is 4.74 Å². The molecular formula is C19H19Cl2F2N3O5. The van der Waals surface area contributed by atoms with Gasteiger partial charge in [-0.2, -0.15) is 0 Å². The lowest BCUT2D eigenvalue weighted by Crippen LogP contribution is -2.47. The van der Waals surface area contributed by atoms with E-state index in [4.69, 9.17) is 21.4 Å². The number of morpholine rings is 1. The Kier molecular flexibility index (Phi) is 5.76. The smallest absolute Gasteiger partial charge is 0.449 e. The zero-order chi connectivity index (χ0) is 21.2. The number of rotatable bonds is 3. The number of carboxylic acid groups (broad SMARTS) is 1. The van der Waals surface area contributed by atoms with E-state index in [1.807, 2.05) is 0 Å². The summed E-state index contributed by atoms with van der Waals surface area (Å²) in [5.74, 6) is -1.25. The van der Waals surface area contributed by atoms with E-state index in [0.29, 0.717) is 26.2 Å². The Hall–Kier alpha value is -2.14. The van der Waals surface area contributed by atoms with Gasteiger partial charge in [-0.25, -0.2) is 13.6 Å². The van der Waals surface area contributed by atoms with Crippen LogP contribution in [0.2, 0.25) is 5.02 Å². The molecule has 12 heteroatoms. The maximum Gasteiger partial charge on any atom is 0.511 e. The molecule has 3 aliphatic rings. The van der Waals surface area contributed by atoms with Crippen LogP contribution in [0.1, 0.15) is 12.5 Å². The molecule has 3 fully saturated rings. The highest BCUT2D eigenvalue weighted by Gasteiger charge is 2.42. The first kappa shape index (κ1) is 22.1. The van der Waals surface area contributed by atoms with Gasteiger partial charge in [-0.05, 0) is 6.07 Å². The number of halogens is 4. The number of hydrogen-bond donors (Lipinski definition) is 2. The molecule has 1 aromatic carbocycles. The van der Waals surface area contributed by atoms with Crippen LogP contribution in [0.25, 0.3) is 10.9 Å². The second kappa shape index (κ2) is 8.09. The number of anilines is 1. The van der Waals surface area contributed by atoms with Crippen LogP contribution in [0, 0.1) is 5.82 Å². The minimum Gasteiger partial charge on any atom is -0.449 e. The minimum absolute atomic E-state index is 0. The summed E-state index contributed by atoms with van der Waals surface area (Å²) in [7, 11) is 0. The van der Waals surface area contributed by atoms with Gasteiger partial charge < -0.3 is 29.4 Å². The summed E-state index contributed by atoms with van der Waals surface area (Å²) in [6.07, 6.45) is -1.67. The van der Waals surface area contributed by atoms with E-state index in [2.05, 4.69) is 10.1 Å². The lowest BCUT2D eigenvalue weighted by molar-refractivity contribution is 0.0212. The van der Waals surface area contributed by atoms with Gasteiger partial charge >= 0.3 is 6.16 Å². The first-order chi connectivity index (χ1) is 14.3. The van der Waals surface area contributed by atoms with Gasteiger partial charge in [-0.3, -0.25) is 4.79 Å². The Morgan fingerprint density at radius 3 is 2.77 bits per heavy atom. The van der Waals surface area contributed by atoms with E-state index in [9.17, 15) is 14.0 Å². The standard InChI is InChI=1S/C19H18ClF2N3O5.ClH/c20-15-16-8(18(26)14(30-19(27)28)7-25(16)12-4-9(12)21)3-10(22)17(15)24-5-11-13(6-24)29-2-1-23-11;/h3,7,9,11-13,23H,1-2,4-6H2,(H,27,28);1H/t9-,11-,12+,13+;/m0./s1. The Morgan fingerprint density at radius 2 is 2.13 bits per heavy atom. The maximum absolute atomic E-state index is 15.1. The van der Waals surface area contributed by atoms with Crippen molar-refractivity contribution in [3.05, 3.63) is 33.3 Å². The molecule has 5 rings (SSSR count). The minimum atomic E-state index is -1.69. The fraction of sp³-hybridized carbons (Fsp3) is 0.474. The molecule has 8 nitrogen and oxygen atoms in total. The molecule has 2 aliphatic heterocycles. The predicted molar refractivity (Wildman–Crippen MR) is 111 cm³/mol. The third-order valence-electron chi connectivity index (χ3n) is 5.81. The van der Waals surface area contributed by atoms with Crippen LogP contribution < -0.4 is 20.4 Å². The fourth-order valence-corrected chi connectivity index (χ4v) is 4.75. The largest absolute Gasteiger partial charge is 0.511 e. The van der Waals surface area contributed by atoms with Crippen LogP contribution in [0.5, 0.6) is 5.75 Å². The molecule has 31 heavy (non-hydrogen) atoms. The number of ether oxygens (including phenoxy) is 2. The SMILES string of the molecule is Cl.O=C(O)Oc1cn([C@@H]2C[C@@H]2F)c2c(Cl)c(N3C[C@@H]4NCCO[C@@H]4C3)c(F)cc2c1=O. The molecule has 2 N–H and O–H groups in total. The maximum atomic E-state index is 15.1. The number of alkyl halides is 1. The number of nitrogens with one attached hydrogen (secondary N) is 1. The Bertz CT molecular complexity index is 1100. The van der Waals surface area contributed by atoms with Crippen molar-refractivity contribution < 1.29 is 28.2 Å². The average molecular weight is 478 g/mol. The van der Waals surface area contributed by atoms with Gasteiger partial charge in [-0.1, -0.05) is 11.6 Å². The Morgan fingerprint density at radius 1 is 1.39 bits per heavy atom. The van der Waals surface area contributed by atoms with E-state index in [1.165, 1.54) is 4.57 Å². The first-order valence-corrected chi connectivity index (χ1v) is 9.94. The second-order valence-corrected chi connectivity index (χ2v) is 8.09. The van der Waals surface area contributed by atoms with E-state index < -0.39 is 35.4 Å². The lowest BCUT2D eigenvalue weighted by Gasteiger charge is -2.25. The number of aromatic nitrogens is 1. The van der Waals surface area contributed by atoms with Crippen LogP contribution in [0.3, 0.4) is 0 Å². The van der Waals surface area contributed by atoms with E-state index in [1.54, 1.807) is 4.90 Å². The molecule has 0 unspecified atom stereocenters. The molecular weight excluding hydrogens is 459 g/mol. The van der Waals surface area contributed by atoms with Crippen molar-refractivity contribution in [3.8, 4) is 5.75 Å². The van der Waals surface area contributed by atoms with E-state index >= 15 is 4.39 Å². The second-order valence-electron chi connectivity index (χ2n) is 7.71. The normalized spacial score (nSPS) is 27.0. The molecule has 4 atom stereocenters. The number of pyridine rings is 1. The molecule has 168 valence electrons. The molecule has 0 bridgehead atoms. The molecule has 1 saturated carbocycles. The number of fused-ring (bicyclic) bond motifs is 2. The van der Waals surface area contributed by atoms with Crippen molar-refractivity contribution in [2.24, 2.45) is 0 Å². The average Bonchev–Trinajstić information content (AvgIpc) is 3.26. The Labute approximate surface area is 186 Å². The van der Waals surface area contributed by atoms with Gasteiger partial charge in [0.2, 0.25) is 5.43 Å². The fourth-order valence-electron chi connectivity index (χ4n) is 4.34. The summed E-state index contributed by atoms with van der Waals surface area (Å²) in [5.41, 5.74) is -0.558. The van der Waals surface area contributed by atoms with Crippen LogP contribution in [0.4, 0.5) is 19.3 Å². The lowest BCUT2D eigenvalue weighted by atomic mass is 10.1. The summed E-state index contributed by atoms with van der Waals surface area (Å²) in [5, 5.41) is 12.0. The van der Waals surface area contributed by atoms with Gasteiger partial charge in [0.05, 0.1) is 52.6 Å². The zero-order valence-electron chi connectivity index (χ0n) is 16.0. The van der Waals surface area contributed by atoms with Crippen LogP contribution in [0.15, 0.2) is 17.1 Å². The first-order valence-electron chi connectivity index (χ1n) is 9.56. The molecule has 0 amide bonds. The monoisotopic (exact) mass is 477 g/mol. The molecule has 2 aromatic rings. The van der Waals surface area contributed by atoms with Crippen LogP contribution >= 0.6 is 24.0 Å². The summed E-state index contributed by atoms with van der Waals surface area (Å²) in [4.78, 5) is 25.4. The number of hydrogen-bond acceptors (Lipinski definition) is 6. The summed E-state index contributed by atoms with van der Waals surface area (Å²) in [6.45, 7) is 2.15. The topological polar surface area (TPSA) is 93.0 Å². The summed E-state index contributed by atoms with van der Waals surface area (Å²) < 4.78 is 40.7. The zero-order valence-corrected chi connectivity index (χ0v) is 17.6. The van der Waals surface area contributed by atoms with Gasteiger partial charge in [0.1, 0.15) is 12.0 Å². The van der Waals surface area contributed by atoms with Gasteiger partial charge in [0.15, 0.2) is 5.75 Å². The molecule has 1 aliphatic carbocycles. The predicted octanol–water partition coefficient (Wildman–Crippen LogP) is 2.73. The molecule has 1 aromatic heterocycles. The van der Waals surface area contributed by atoms with Crippen LogP contribution in [-0.4, -0.2) is 60.4 Å². The molecule has 0 radical (unpaired) electrons. The van der Waals surface area contributed by atoms with Gasteiger partial charge in [0.25, 0.3) is 0 Å². The van der Waals surface area contributed by atoms with Crippen molar-refractivity contribution in [2.75, 3.05) is 31.1 Å². The van der Waals surface area contributed by atoms with E-state index in [0.717, 1.165) is 12.3 Å². The third-order valence-corrected chi connectivity index (χ3v) is 6.17. The van der Waals surface area contributed by atoms with Crippen molar-refractivity contribution >= 4 is 46.8 Å². The van der Waals surface area contributed by atoms with Gasteiger partial charge in [0, 0.05) is 26.1 Å².